The molecule has 6 nitrogen and oxygen atoms in total. The molecule has 6 heteroatoms. The smallest absolute Gasteiger partial charge is 0.331 e. The van der Waals surface area contributed by atoms with E-state index in [4.69, 9.17) is 4.74 Å². The molecule has 1 aliphatic carbocycles. The SMILES string of the molecule is CC[C@](C)(NC(=O)c1cccc(NC(=O)[C@H]2C[C@H]2C)c1)C(=O)OC. The van der Waals surface area contributed by atoms with Crippen molar-refractivity contribution in [1.29, 1.82) is 0 Å². The highest BCUT2D eigenvalue weighted by atomic mass is 16.5. The van der Waals surface area contributed by atoms with E-state index in [1.807, 2.05) is 6.92 Å². The first-order valence-corrected chi connectivity index (χ1v) is 8.12. The van der Waals surface area contributed by atoms with E-state index in [2.05, 4.69) is 10.6 Å². The van der Waals surface area contributed by atoms with Crippen LogP contribution in [0, 0.1) is 11.8 Å². The molecule has 3 atom stereocenters. The van der Waals surface area contributed by atoms with Crippen LogP contribution in [0.3, 0.4) is 0 Å². The lowest BCUT2D eigenvalue weighted by atomic mass is 9.98. The van der Waals surface area contributed by atoms with Crippen molar-refractivity contribution in [2.24, 2.45) is 11.8 Å². The van der Waals surface area contributed by atoms with Crippen molar-refractivity contribution in [2.45, 2.75) is 39.2 Å². The van der Waals surface area contributed by atoms with E-state index >= 15 is 0 Å². The molecule has 0 spiro atoms. The number of anilines is 1. The third-order valence-corrected chi connectivity index (χ3v) is 4.57. The molecule has 0 radical (unpaired) electrons. The molecule has 0 aromatic heterocycles. The van der Waals surface area contributed by atoms with Gasteiger partial charge in [0.05, 0.1) is 7.11 Å². The lowest BCUT2D eigenvalue weighted by Gasteiger charge is -2.26. The number of hydrogen-bond acceptors (Lipinski definition) is 4. The van der Waals surface area contributed by atoms with Crippen LogP contribution in [-0.2, 0) is 14.3 Å². The summed E-state index contributed by atoms with van der Waals surface area (Å²) in [6.45, 7) is 5.45. The molecule has 24 heavy (non-hydrogen) atoms. The molecule has 2 N–H and O–H groups in total. The predicted molar refractivity (Wildman–Crippen MR) is 90.5 cm³/mol. The molecule has 130 valence electrons. The number of carbonyl (C=O) groups is 3. The molecular formula is C18H24N2O4. The summed E-state index contributed by atoms with van der Waals surface area (Å²) in [5, 5.41) is 5.54. The highest BCUT2D eigenvalue weighted by Gasteiger charge is 2.39. The van der Waals surface area contributed by atoms with E-state index in [0.717, 1.165) is 6.42 Å². The van der Waals surface area contributed by atoms with Crippen molar-refractivity contribution in [2.75, 3.05) is 12.4 Å². The second-order valence-electron chi connectivity index (χ2n) is 6.52. The Morgan fingerprint density at radius 3 is 2.54 bits per heavy atom. The fourth-order valence-electron chi connectivity index (χ4n) is 2.49. The number of ether oxygens (including phenoxy) is 1. The van der Waals surface area contributed by atoms with Gasteiger partial charge in [-0.3, -0.25) is 9.59 Å². The third-order valence-electron chi connectivity index (χ3n) is 4.57. The van der Waals surface area contributed by atoms with Gasteiger partial charge in [-0.2, -0.15) is 0 Å². The molecule has 1 fully saturated rings. The summed E-state index contributed by atoms with van der Waals surface area (Å²) >= 11 is 0. The van der Waals surface area contributed by atoms with Gasteiger partial charge in [0.25, 0.3) is 5.91 Å². The minimum Gasteiger partial charge on any atom is -0.467 e. The molecule has 0 heterocycles. The number of hydrogen-bond donors (Lipinski definition) is 2. The summed E-state index contributed by atoms with van der Waals surface area (Å²) in [5.41, 5.74) is -0.141. The van der Waals surface area contributed by atoms with Crippen molar-refractivity contribution in [3.05, 3.63) is 29.8 Å². The topological polar surface area (TPSA) is 84.5 Å². The van der Waals surface area contributed by atoms with Crippen molar-refractivity contribution in [3.8, 4) is 0 Å². The molecule has 0 saturated heterocycles. The monoisotopic (exact) mass is 332 g/mol. The minimum absolute atomic E-state index is 0.0204. The number of nitrogens with one attached hydrogen (secondary N) is 2. The van der Waals surface area contributed by atoms with E-state index in [0.29, 0.717) is 23.6 Å². The Bertz CT molecular complexity index is 658. The summed E-state index contributed by atoms with van der Waals surface area (Å²) in [6, 6.07) is 6.68. The quantitative estimate of drug-likeness (QED) is 0.783. The standard InChI is InChI=1S/C18H24N2O4/c1-5-18(3,17(23)24-4)20-15(21)12-7-6-8-13(10-12)19-16(22)14-9-11(14)2/h6-8,10-11,14H,5,9H2,1-4H3,(H,19,22)(H,20,21)/t11-,14+,18+/m1/s1. The molecule has 1 saturated carbocycles. The zero-order chi connectivity index (χ0) is 17.9. The molecule has 0 aliphatic heterocycles. The average Bonchev–Trinajstić information content (AvgIpc) is 3.31. The van der Waals surface area contributed by atoms with Crippen LogP contribution in [-0.4, -0.2) is 30.4 Å². The highest BCUT2D eigenvalue weighted by Crippen LogP contribution is 2.38. The number of carbonyl (C=O) groups excluding carboxylic acids is 3. The summed E-state index contributed by atoms with van der Waals surface area (Å²) in [4.78, 5) is 36.3. The fraction of sp³-hybridized carbons (Fsp3) is 0.500. The van der Waals surface area contributed by atoms with Gasteiger partial charge >= 0.3 is 5.97 Å². The van der Waals surface area contributed by atoms with Crippen LogP contribution < -0.4 is 10.6 Å². The number of benzene rings is 1. The average molecular weight is 332 g/mol. The molecule has 1 aromatic carbocycles. The fourth-order valence-corrected chi connectivity index (χ4v) is 2.49. The van der Waals surface area contributed by atoms with Gasteiger partial charge in [-0.05, 0) is 43.9 Å². The Labute approximate surface area is 142 Å². The molecule has 2 rings (SSSR count). The molecule has 1 aromatic rings. The summed E-state index contributed by atoms with van der Waals surface area (Å²) in [7, 11) is 1.29. The Morgan fingerprint density at radius 1 is 1.33 bits per heavy atom. The number of rotatable bonds is 6. The molecule has 1 aliphatic rings. The molecular weight excluding hydrogens is 308 g/mol. The zero-order valence-electron chi connectivity index (χ0n) is 14.5. The van der Waals surface area contributed by atoms with E-state index in [1.54, 1.807) is 38.1 Å². The van der Waals surface area contributed by atoms with Gasteiger partial charge in [0.2, 0.25) is 5.91 Å². The normalized spacial score (nSPS) is 21.3. The van der Waals surface area contributed by atoms with Gasteiger partial charge in [0.15, 0.2) is 0 Å². The minimum atomic E-state index is -1.09. The van der Waals surface area contributed by atoms with Gasteiger partial charge in [0, 0.05) is 17.2 Å². The van der Waals surface area contributed by atoms with Crippen LogP contribution in [0.1, 0.15) is 44.0 Å². The van der Waals surface area contributed by atoms with Gasteiger partial charge < -0.3 is 15.4 Å². The van der Waals surface area contributed by atoms with Crippen LogP contribution in [0.4, 0.5) is 5.69 Å². The van der Waals surface area contributed by atoms with E-state index in [1.165, 1.54) is 7.11 Å². The van der Waals surface area contributed by atoms with Gasteiger partial charge in [-0.25, -0.2) is 4.79 Å². The number of esters is 1. The first-order chi connectivity index (χ1) is 11.3. The van der Waals surface area contributed by atoms with Crippen LogP contribution in [0.2, 0.25) is 0 Å². The first-order valence-electron chi connectivity index (χ1n) is 8.12. The lowest BCUT2D eigenvalue weighted by Crippen LogP contribution is -2.52. The Hall–Kier alpha value is -2.37. The predicted octanol–water partition coefficient (Wildman–Crippen LogP) is 2.35. The van der Waals surface area contributed by atoms with Crippen molar-refractivity contribution in [1.82, 2.24) is 5.32 Å². The maximum absolute atomic E-state index is 12.4. The lowest BCUT2D eigenvalue weighted by molar-refractivity contribution is -0.147. The second-order valence-corrected chi connectivity index (χ2v) is 6.52. The summed E-state index contributed by atoms with van der Waals surface area (Å²) in [5.74, 6) is -0.425. The highest BCUT2D eigenvalue weighted by molar-refractivity contribution is 6.00. The van der Waals surface area contributed by atoms with Crippen LogP contribution in [0.25, 0.3) is 0 Å². The van der Waals surface area contributed by atoms with Crippen LogP contribution in [0.15, 0.2) is 24.3 Å². The van der Waals surface area contributed by atoms with Crippen molar-refractivity contribution >= 4 is 23.5 Å². The summed E-state index contributed by atoms with van der Waals surface area (Å²) < 4.78 is 4.75. The second kappa shape index (κ2) is 7.03. The number of methoxy groups -OCH3 is 1. The van der Waals surface area contributed by atoms with E-state index in [-0.39, 0.29) is 17.7 Å². The first kappa shape index (κ1) is 18.0. The summed E-state index contributed by atoms with van der Waals surface area (Å²) in [6.07, 6.45) is 1.31. The van der Waals surface area contributed by atoms with Gasteiger partial charge in [-0.15, -0.1) is 0 Å². The largest absolute Gasteiger partial charge is 0.467 e. The zero-order valence-corrected chi connectivity index (χ0v) is 14.5. The Morgan fingerprint density at radius 2 is 2.00 bits per heavy atom. The van der Waals surface area contributed by atoms with Gasteiger partial charge in [-0.1, -0.05) is 19.9 Å². The number of amides is 2. The van der Waals surface area contributed by atoms with Gasteiger partial charge in [0.1, 0.15) is 5.54 Å². The maximum Gasteiger partial charge on any atom is 0.331 e. The van der Waals surface area contributed by atoms with Crippen LogP contribution >= 0.6 is 0 Å². The Balaban J connectivity index is 2.08. The Kier molecular flexibility index (Phi) is 5.26. The molecule has 2 amide bonds. The van der Waals surface area contributed by atoms with Crippen LogP contribution in [0.5, 0.6) is 0 Å². The van der Waals surface area contributed by atoms with Crippen molar-refractivity contribution < 1.29 is 19.1 Å². The van der Waals surface area contributed by atoms with E-state index < -0.39 is 11.5 Å². The maximum atomic E-state index is 12.4. The van der Waals surface area contributed by atoms with E-state index in [9.17, 15) is 14.4 Å². The van der Waals surface area contributed by atoms with Crippen molar-refractivity contribution in [3.63, 3.8) is 0 Å². The molecule has 0 bridgehead atoms. The third kappa shape index (κ3) is 3.93. The molecule has 0 unspecified atom stereocenters.